The van der Waals surface area contributed by atoms with Gasteiger partial charge in [-0.1, -0.05) is 24.3 Å². The van der Waals surface area contributed by atoms with E-state index >= 15 is 0 Å². The third-order valence-electron chi connectivity index (χ3n) is 2.34. The number of aryl methyl sites for hydroxylation is 1. The van der Waals surface area contributed by atoms with Crippen molar-refractivity contribution in [2.24, 2.45) is 0 Å². The first-order chi connectivity index (χ1) is 7.76. The largest absolute Gasteiger partial charge is 0.469 e. The van der Waals surface area contributed by atoms with Crippen molar-refractivity contribution < 1.29 is 14.3 Å². The highest BCUT2D eigenvalue weighted by molar-refractivity contribution is 5.69. The fourth-order valence-electron chi connectivity index (χ4n) is 1.37. The first-order valence-corrected chi connectivity index (χ1v) is 5.48. The minimum Gasteiger partial charge on any atom is -0.469 e. The van der Waals surface area contributed by atoms with Crippen molar-refractivity contribution >= 4 is 5.97 Å². The Kier molecular flexibility index (Phi) is 5.57. The Morgan fingerprint density at radius 2 is 1.81 bits per heavy atom. The van der Waals surface area contributed by atoms with Gasteiger partial charge in [-0.25, -0.2) is 0 Å². The molecule has 1 rings (SSSR count). The molecular weight excluding hydrogens is 204 g/mol. The molecule has 3 nitrogen and oxygen atoms in total. The van der Waals surface area contributed by atoms with E-state index in [4.69, 9.17) is 4.74 Å². The lowest BCUT2D eigenvalue weighted by Crippen LogP contribution is -2.02. The quantitative estimate of drug-likeness (QED) is 0.693. The van der Waals surface area contributed by atoms with Crippen LogP contribution in [0.5, 0.6) is 0 Å². The van der Waals surface area contributed by atoms with Crippen LogP contribution in [0, 0.1) is 0 Å². The summed E-state index contributed by atoms with van der Waals surface area (Å²) in [6.45, 7) is 3.35. The summed E-state index contributed by atoms with van der Waals surface area (Å²) in [5, 5.41) is 0. The maximum Gasteiger partial charge on any atom is 0.305 e. The molecule has 16 heavy (non-hydrogen) atoms. The molecule has 0 aliphatic rings. The van der Waals surface area contributed by atoms with Crippen LogP contribution in [0.1, 0.15) is 24.5 Å². The predicted molar refractivity (Wildman–Crippen MR) is 62.1 cm³/mol. The highest BCUT2D eigenvalue weighted by atomic mass is 16.5. The van der Waals surface area contributed by atoms with Gasteiger partial charge in [0.2, 0.25) is 0 Å². The van der Waals surface area contributed by atoms with E-state index in [2.05, 4.69) is 4.74 Å². The van der Waals surface area contributed by atoms with Crippen molar-refractivity contribution in [2.45, 2.75) is 26.4 Å². The highest BCUT2D eigenvalue weighted by Crippen LogP contribution is 2.08. The fourth-order valence-corrected chi connectivity index (χ4v) is 1.37. The van der Waals surface area contributed by atoms with Crippen molar-refractivity contribution in [3.8, 4) is 0 Å². The van der Waals surface area contributed by atoms with Gasteiger partial charge in [0.05, 0.1) is 13.7 Å². The molecule has 0 aliphatic heterocycles. The molecule has 0 unspecified atom stereocenters. The zero-order valence-electron chi connectivity index (χ0n) is 9.86. The van der Waals surface area contributed by atoms with Gasteiger partial charge >= 0.3 is 5.97 Å². The van der Waals surface area contributed by atoms with Crippen molar-refractivity contribution in [3.05, 3.63) is 35.4 Å². The Bertz CT molecular complexity index is 316. The van der Waals surface area contributed by atoms with Crippen LogP contribution in [0.4, 0.5) is 0 Å². The Hall–Kier alpha value is -1.35. The predicted octanol–water partition coefficient (Wildman–Crippen LogP) is 2.33. The molecule has 0 saturated carbocycles. The molecule has 0 radical (unpaired) electrons. The molecule has 0 atom stereocenters. The summed E-state index contributed by atoms with van der Waals surface area (Å²) in [5.74, 6) is -0.168. The lowest BCUT2D eigenvalue weighted by Gasteiger charge is -2.04. The summed E-state index contributed by atoms with van der Waals surface area (Å²) in [7, 11) is 1.41. The van der Waals surface area contributed by atoms with Gasteiger partial charge in [0.15, 0.2) is 0 Å². The van der Waals surface area contributed by atoms with E-state index in [-0.39, 0.29) is 5.97 Å². The van der Waals surface area contributed by atoms with E-state index in [0.29, 0.717) is 13.0 Å². The van der Waals surface area contributed by atoms with E-state index < -0.39 is 0 Å². The molecule has 0 saturated heterocycles. The van der Waals surface area contributed by atoms with Gasteiger partial charge in [0.25, 0.3) is 0 Å². The molecule has 1 aromatic carbocycles. The van der Waals surface area contributed by atoms with Crippen LogP contribution < -0.4 is 0 Å². The van der Waals surface area contributed by atoms with Gasteiger partial charge in [0, 0.05) is 13.0 Å². The number of hydrogen-bond donors (Lipinski definition) is 0. The van der Waals surface area contributed by atoms with Gasteiger partial charge < -0.3 is 9.47 Å². The Balaban J connectivity index is 2.41. The first-order valence-electron chi connectivity index (χ1n) is 5.48. The molecule has 0 aliphatic carbocycles. The highest BCUT2D eigenvalue weighted by Gasteiger charge is 2.01. The zero-order chi connectivity index (χ0) is 11.8. The number of hydrogen-bond acceptors (Lipinski definition) is 3. The summed E-state index contributed by atoms with van der Waals surface area (Å²) in [4.78, 5) is 11.0. The molecule has 3 heteroatoms. The van der Waals surface area contributed by atoms with Crippen LogP contribution in [-0.2, 0) is 27.3 Å². The van der Waals surface area contributed by atoms with Gasteiger partial charge in [-0.2, -0.15) is 0 Å². The Morgan fingerprint density at radius 3 is 2.38 bits per heavy atom. The van der Waals surface area contributed by atoms with Crippen LogP contribution in [0.3, 0.4) is 0 Å². The maximum atomic E-state index is 11.0. The van der Waals surface area contributed by atoms with E-state index in [1.165, 1.54) is 7.11 Å². The van der Waals surface area contributed by atoms with Crippen molar-refractivity contribution in [3.63, 3.8) is 0 Å². The molecule has 0 N–H and O–H groups in total. The number of carbonyl (C=O) groups is 1. The van der Waals surface area contributed by atoms with Crippen LogP contribution in [0.15, 0.2) is 24.3 Å². The van der Waals surface area contributed by atoms with E-state index in [1.54, 1.807) is 0 Å². The zero-order valence-corrected chi connectivity index (χ0v) is 9.86. The van der Waals surface area contributed by atoms with Crippen LogP contribution in [-0.4, -0.2) is 19.7 Å². The number of methoxy groups -OCH3 is 1. The molecule has 88 valence electrons. The molecule has 0 amide bonds. The second-order valence-corrected chi connectivity index (χ2v) is 3.53. The SMILES string of the molecule is CCOCc1ccc(CCC(=O)OC)cc1. The van der Waals surface area contributed by atoms with Gasteiger partial charge in [0.1, 0.15) is 0 Å². The van der Waals surface area contributed by atoms with Crippen LogP contribution in [0.25, 0.3) is 0 Å². The number of esters is 1. The molecule has 1 aromatic rings. The third-order valence-corrected chi connectivity index (χ3v) is 2.34. The maximum absolute atomic E-state index is 11.0. The smallest absolute Gasteiger partial charge is 0.305 e. The summed E-state index contributed by atoms with van der Waals surface area (Å²) in [5.41, 5.74) is 2.30. The number of carbonyl (C=O) groups excluding carboxylic acids is 1. The molecular formula is C13H18O3. The van der Waals surface area contributed by atoms with Gasteiger partial charge in [-0.15, -0.1) is 0 Å². The van der Waals surface area contributed by atoms with E-state index in [1.807, 2.05) is 31.2 Å². The average molecular weight is 222 g/mol. The average Bonchev–Trinajstić information content (AvgIpc) is 2.34. The fraction of sp³-hybridized carbons (Fsp3) is 0.462. The van der Waals surface area contributed by atoms with Crippen molar-refractivity contribution in [2.75, 3.05) is 13.7 Å². The standard InChI is InChI=1S/C13H18O3/c1-3-16-10-12-6-4-11(5-7-12)8-9-13(14)15-2/h4-7H,3,8-10H2,1-2H3. The monoisotopic (exact) mass is 222 g/mol. The Labute approximate surface area is 96.4 Å². The first kappa shape index (κ1) is 12.7. The summed E-state index contributed by atoms with van der Waals surface area (Å²) in [6, 6.07) is 8.11. The minimum atomic E-state index is -0.168. The van der Waals surface area contributed by atoms with E-state index in [9.17, 15) is 4.79 Å². The number of rotatable bonds is 6. The summed E-state index contributed by atoms with van der Waals surface area (Å²) < 4.78 is 9.89. The topological polar surface area (TPSA) is 35.5 Å². The number of ether oxygens (including phenoxy) is 2. The van der Waals surface area contributed by atoms with Crippen LogP contribution in [0.2, 0.25) is 0 Å². The summed E-state index contributed by atoms with van der Waals surface area (Å²) in [6.07, 6.45) is 1.16. The van der Waals surface area contributed by atoms with E-state index in [0.717, 1.165) is 24.2 Å². The minimum absolute atomic E-state index is 0.168. The molecule has 0 heterocycles. The molecule has 0 aromatic heterocycles. The Morgan fingerprint density at radius 1 is 1.19 bits per heavy atom. The third kappa shape index (κ3) is 4.45. The van der Waals surface area contributed by atoms with Gasteiger partial charge in [-0.05, 0) is 24.5 Å². The van der Waals surface area contributed by atoms with Gasteiger partial charge in [-0.3, -0.25) is 4.79 Å². The number of benzene rings is 1. The lowest BCUT2D eigenvalue weighted by molar-refractivity contribution is -0.140. The van der Waals surface area contributed by atoms with Crippen molar-refractivity contribution in [1.29, 1.82) is 0 Å². The summed E-state index contributed by atoms with van der Waals surface area (Å²) >= 11 is 0. The lowest BCUT2D eigenvalue weighted by atomic mass is 10.1. The molecule has 0 bridgehead atoms. The second-order valence-electron chi connectivity index (χ2n) is 3.53. The second kappa shape index (κ2) is 7.01. The normalized spacial score (nSPS) is 10.1. The molecule has 0 fully saturated rings. The van der Waals surface area contributed by atoms with Crippen LogP contribution >= 0.6 is 0 Å². The molecule has 0 spiro atoms. The van der Waals surface area contributed by atoms with Crippen molar-refractivity contribution in [1.82, 2.24) is 0 Å².